The molecule has 3 rings (SSSR count). The first-order valence-electron chi connectivity index (χ1n) is 8.48. The molecule has 0 fully saturated rings. The van der Waals surface area contributed by atoms with Crippen molar-refractivity contribution in [3.05, 3.63) is 52.9 Å². The third kappa shape index (κ3) is 3.68. The number of hydrogen-bond acceptors (Lipinski definition) is 5. The van der Waals surface area contributed by atoms with E-state index in [1.807, 2.05) is 42.6 Å². The summed E-state index contributed by atoms with van der Waals surface area (Å²) in [6, 6.07) is 8.47. The molecular formula is C19H21ClN4O3. The summed E-state index contributed by atoms with van der Waals surface area (Å²) in [5, 5.41) is 11.8. The van der Waals surface area contributed by atoms with Crippen LogP contribution < -0.4 is 14.8 Å². The minimum absolute atomic E-state index is 0.0946. The van der Waals surface area contributed by atoms with Crippen LogP contribution in [0.3, 0.4) is 0 Å². The highest BCUT2D eigenvalue weighted by molar-refractivity contribution is 6.32. The van der Waals surface area contributed by atoms with E-state index < -0.39 is 0 Å². The molecule has 0 saturated heterocycles. The molecule has 1 aromatic carbocycles. The Bertz CT molecular complexity index is 971. The summed E-state index contributed by atoms with van der Waals surface area (Å²) in [5.74, 6) is 1.26. The number of carbonyl (C=O) groups is 1. The molecule has 8 heteroatoms. The topological polar surface area (TPSA) is 77.8 Å². The van der Waals surface area contributed by atoms with Crippen molar-refractivity contribution in [2.75, 3.05) is 14.2 Å². The van der Waals surface area contributed by atoms with Gasteiger partial charge in [-0.2, -0.15) is 0 Å². The number of halogens is 1. The molecule has 1 amide bonds. The summed E-state index contributed by atoms with van der Waals surface area (Å²) < 4.78 is 12.4. The van der Waals surface area contributed by atoms with E-state index in [2.05, 4.69) is 15.5 Å². The number of nitrogens with one attached hydrogen (secondary N) is 1. The van der Waals surface area contributed by atoms with Gasteiger partial charge in [0.25, 0.3) is 5.91 Å². The fourth-order valence-corrected chi connectivity index (χ4v) is 3.16. The maximum Gasteiger partial charge on any atom is 0.252 e. The minimum atomic E-state index is -0.332. The summed E-state index contributed by atoms with van der Waals surface area (Å²) in [7, 11) is 2.99. The Hall–Kier alpha value is -2.80. The summed E-state index contributed by atoms with van der Waals surface area (Å²) in [4.78, 5) is 12.9. The van der Waals surface area contributed by atoms with Crippen LogP contribution in [0.5, 0.6) is 11.5 Å². The third-order valence-corrected chi connectivity index (χ3v) is 4.55. The highest BCUT2D eigenvalue weighted by Crippen LogP contribution is 2.36. The summed E-state index contributed by atoms with van der Waals surface area (Å²) in [6.45, 7) is 4.02. The molecule has 3 aromatic rings. The molecule has 0 spiro atoms. The van der Waals surface area contributed by atoms with Crippen molar-refractivity contribution in [3.8, 4) is 11.5 Å². The second-order valence-electron chi connectivity index (χ2n) is 6.38. The number of amides is 1. The van der Waals surface area contributed by atoms with Crippen LogP contribution in [-0.4, -0.2) is 34.7 Å². The highest BCUT2D eigenvalue weighted by Gasteiger charge is 2.25. The fourth-order valence-electron chi connectivity index (χ4n) is 2.87. The van der Waals surface area contributed by atoms with E-state index in [0.717, 1.165) is 5.65 Å². The standard InChI is InChI=1S/C19H21ClN4O3/c1-11(2)16(18-23-22-15-7-5-6-8-24(15)18)21-19(25)12-9-13(20)17(27-4)14(10-12)26-3/h5-11,16H,1-4H3,(H,21,25)/t16-/m0/s1. The molecule has 0 radical (unpaired) electrons. The van der Waals surface area contributed by atoms with Gasteiger partial charge in [-0.1, -0.05) is 31.5 Å². The number of ether oxygens (including phenoxy) is 2. The number of benzene rings is 1. The number of carbonyl (C=O) groups excluding carboxylic acids is 1. The van der Waals surface area contributed by atoms with E-state index in [1.165, 1.54) is 14.2 Å². The number of pyridine rings is 1. The molecule has 27 heavy (non-hydrogen) atoms. The van der Waals surface area contributed by atoms with Gasteiger partial charge in [-0.05, 0) is 30.2 Å². The van der Waals surface area contributed by atoms with Gasteiger partial charge in [0.1, 0.15) is 0 Å². The highest BCUT2D eigenvalue weighted by atomic mass is 35.5. The summed E-state index contributed by atoms with van der Waals surface area (Å²) in [5.41, 5.74) is 1.10. The van der Waals surface area contributed by atoms with Crippen molar-refractivity contribution in [1.29, 1.82) is 0 Å². The van der Waals surface area contributed by atoms with Gasteiger partial charge in [0.2, 0.25) is 0 Å². The molecule has 2 heterocycles. The lowest BCUT2D eigenvalue weighted by Gasteiger charge is -2.21. The van der Waals surface area contributed by atoms with Gasteiger partial charge in [-0.15, -0.1) is 10.2 Å². The van der Waals surface area contributed by atoms with Gasteiger partial charge in [0.05, 0.1) is 25.3 Å². The van der Waals surface area contributed by atoms with Crippen molar-refractivity contribution in [3.63, 3.8) is 0 Å². The zero-order valence-electron chi connectivity index (χ0n) is 15.6. The average molecular weight is 389 g/mol. The Kier molecular flexibility index (Phi) is 5.51. The first-order valence-corrected chi connectivity index (χ1v) is 8.86. The van der Waals surface area contributed by atoms with Gasteiger partial charge in [0, 0.05) is 11.8 Å². The predicted molar refractivity (Wildman–Crippen MR) is 103 cm³/mol. The molecular weight excluding hydrogens is 368 g/mol. The minimum Gasteiger partial charge on any atom is -0.493 e. The molecule has 0 aliphatic rings. The van der Waals surface area contributed by atoms with Crippen LogP contribution in [0.4, 0.5) is 0 Å². The quantitative estimate of drug-likeness (QED) is 0.699. The fraction of sp³-hybridized carbons (Fsp3) is 0.316. The number of rotatable bonds is 6. The summed E-state index contributed by atoms with van der Waals surface area (Å²) in [6.07, 6.45) is 1.87. The number of fused-ring (bicyclic) bond motifs is 1. The van der Waals surface area contributed by atoms with Gasteiger partial charge < -0.3 is 14.8 Å². The number of methoxy groups -OCH3 is 2. The molecule has 1 N–H and O–H groups in total. The van der Waals surface area contributed by atoms with E-state index in [-0.39, 0.29) is 17.9 Å². The monoisotopic (exact) mass is 388 g/mol. The zero-order valence-corrected chi connectivity index (χ0v) is 16.3. The Morgan fingerprint density at radius 1 is 1.19 bits per heavy atom. The number of aromatic nitrogens is 3. The first kappa shape index (κ1) is 19.0. The number of hydrogen-bond donors (Lipinski definition) is 1. The third-order valence-electron chi connectivity index (χ3n) is 4.27. The van der Waals surface area contributed by atoms with Gasteiger partial charge in [-0.3, -0.25) is 9.20 Å². The second-order valence-corrected chi connectivity index (χ2v) is 6.78. The normalized spacial score (nSPS) is 12.2. The number of nitrogens with zero attached hydrogens (tertiary/aromatic N) is 3. The van der Waals surface area contributed by atoms with Crippen LogP contribution in [0, 0.1) is 5.92 Å². The Balaban J connectivity index is 1.94. The van der Waals surface area contributed by atoms with Crippen molar-refractivity contribution in [1.82, 2.24) is 19.9 Å². The summed E-state index contributed by atoms with van der Waals surface area (Å²) >= 11 is 6.22. The average Bonchev–Trinajstić information content (AvgIpc) is 3.08. The van der Waals surface area contributed by atoms with E-state index in [9.17, 15) is 4.79 Å². The van der Waals surface area contributed by atoms with Crippen LogP contribution >= 0.6 is 11.6 Å². The van der Waals surface area contributed by atoms with E-state index in [4.69, 9.17) is 21.1 Å². The molecule has 2 aromatic heterocycles. The molecule has 0 unspecified atom stereocenters. The van der Waals surface area contributed by atoms with E-state index in [0.29, 0.717) is 27.9 Å². The molecule has 0 aliphatic heterocycles. The largest absolute Gasteiger partial charge is 0.493 e. The van der Waals surface area contributed by atoms with Gasteiger partial charge in [0.15, 0.2) is 23.0 Å². The van der Waals surface area contributed by atoms with Gasteiger partial charge >= 0.3 is 0 Å². The lowest BCUT2D eigenvalue weighted by molar-refractivity contribution is 0.0922. The van der Waals surface area contributed by atoms with Crippen molar-refractivity contribution in [2.45, 2.75) is 19.9 Å². The lowest BCUT2D eigenvalue weighted by Crippen LogP contribution is -2.33. The zero-order chi connectivity index (χ0) is 19.6. The molecule has 1 atom stereocenters. The SMILES string of the molecule is COc1cc(C(=O)N[C@H](c2nnc3ccccn23)C(C)C)cc(Cl)c1OC. The maximum absolute atomic E-state index is 12.9. The Morgan fingerprint density at radius 2 is 1.96 bits per heavy atom. The van der Waals surface area contributed by atoms with Crippen LogP contribution in [0.1, 0.15) is 36.1 Å². The molecule has 0 aliphatic carbocycles. The second kappa shape index (κ2) is 7.84. The smallest absolute Gasteiger partial charge is 0.252 e. The van der Waals surface area contributed by atoms with Crippen LogP contribution in [0.25, 0.3) is 5.65 Å². The Labute approximate surface area is 162 Å². The van der Waals surface area contributed by atoms with Crippen LogP contribution in [0.15, 0.2) is 36.5 Å². The predicted octanol–water partition coefficient (Wildman–Crippen LogP) is 3.53. The molecule has 142 valence electrons. The van der Waals surface area contributed by atoms with Gasteiger partial charge in [-0.25, -0.2) is 0 Å². The Morgan fingerprint density at radius 3 is 2.63 bits per heavy atom. The lowest BCUT2D eigenvalue weighted by atomic mass is 10.0. The first-order chi connectivity index (χ1) is 13.0. The van der Waals surface area contributed by atoms with Crippen molar-refractivity contribution in [2.24, 2.45) is 5.92 Å². The van der Waals surface area contributed by atoms with Crippen LogP contribution in [0.2, 0.25) is 5.02 Å². The van der Waals surface area contributed by atoms with Crippen molar-refractivity contribution < 1.29 is 14.3 Å². The van der Waals surface area contributed by atoms with E-state index >= 15 is 0 Å². The van der Waals surface area contributed by atoms with Crippen molar-refractivity contribution >= 4 is 23.2 Å². The van der Waals surface area contributed by atoms with Crippen LogP contribution in [-0.2, 0) is 0 Å². The molecule has 7 nitrogen and oxygen atoms in total. The maximum atomic E-state index is 12.9. The molecule has 0 bridgehead atoms. The van der Waals surface area contributed by atoms with E-state index in [1.54, 1.807) is 12.1 Å². The molecule has 0 saturated carbocycles.